The molecule has 0 aliphatic rings. The van der Waals surface area contributed by atoms with Crippen molar-refractivity contribution in [1.29, 1.82) is 0 Å². The third kappa shape index (κ3) is 1.72. The summed E-state index contributed by atoms with van der Waals surface area (Å²) in [5, 5.41) is -0.229. The summed E-state index contributed by atoms with van der Waals surface area (Å²) in [4.78, 5) is 0. The van der Waals surface area contributed by atoms with E-state index in [-0.39, 0.29) is 17.1 Å². The van der Waals surface area contributed by atoms with Crippen molar-refractivity contribution >= 4 is 11.6 Å². The molecular weight excluding hydrogens is 186 g/mol. The number of halogens is 3. The molecule has 12 heavy (non-hydrogen) atoms. The van der Waals surface area contributed by atoms with Crippen LogP contribution in [0.1, 0.15) is 5.56 Å². The van der Waals surface area contributed by atoms with Gasteiger partial charge in [0, 0.05) is 12.1 Å². The summed E-state index contributed by atoms with van der Waals surface area (Å²) in [7, 11) is 0. The number of benzene rings is 1. The van der Waals surface area contributed by atoms with Crippen LogP contribution in [-0.2, 0) is 6.54 Å². The number of hydrogen-bond donors (Lipinski definition) is 2. The van der Waals surface area contributed by atoms with Gasteiger partial charge in [0.25, 0.3) is 0 Å². The molecule has 0 unspecified atom stereocenters. The fraction of sp³-hybridized carbons (Fsp3) is 0.143. The van der Waals surface area contributed by atoms with Gasteiger partial charge in [0.2, 0.25) is 0 Å². The van der Waals surface area contributed by atoms with Crippen LogP contribution in [0.4, 0.5) is 8.78 Å². The minimum Gasteiger partial charge on any atom is -0.271 e. The summed E-state index contributed by atoms with van der Waals surface area (Å²) < 4.78 is 25.6. The van der Waals surface area contributed by atoms with Gasteiger partial charge in [-0.1, -0.05) is 11.6 Å². The first-order valence-electron chi connectivity index (χ1n) is 3.22. The molecule has 0 bridgehead atoms. The molecule has 0 heterocycles. The summed E-state index contributed by atoms with van der Waals surface area (Å²) >= 11 is 5.47. The first-order chi connectivity index (χ1) is 5.66. The minimum absolute atomic E-state index is 0.00241. The van der Waals surface area contributed by atoms with E-state index in [0.717, 1.165) is 12.1 Å². The van der Waals surface area contributed by atoms with Gasteiger partial charge in [0.15, 0.2) is 0 Å². The fourth-order valence-corrected chi connectivity index (χ4v) is 1.05. The number of rotatable bonds is 2. The third-order valence-corrected chi connectivity index (χ3v) is 1.83. The van der Waals surface area contributed by atoms with E-state index in [0.29, 0.717) is 0 Å². The highest BCUT2D eigenvalue weighted by Crippen LogP contribution is 2.22. The van der Waals surface area contributed by atoms with E-state index in [9.17, 15) is 8.78 Å². The second kappa shape index (κ2) is 3.80. The van der Waals surface area contributed by atoms with Gasteiger partial charge in [-0.15, -0.1) is 0 Å². The molecule has 0 amide bonds. The molecule has 5 heteroatoms. The topological polar surface area (TPSA) is 38.0 Å². The Morgan fingerprint density at radius 1 is 1.33 bits per heavy atom. The monoisotopic (exact) mass is 192 g/mol. The van der Waals surface area contributed by atoms with Gasteiger partial charge < -0.3 is 0 Å². The molecule has 2 nitrogen and oxygen atoms in total. The molecule has 3 N–H and O–H groups in total. The van der Waals surface area contributed by atoms with Gasteiger partial charge in [0.05, 0.1) is 5.02 Å². The second-order valence-corrected chi connectivity index (χ2v) is 2.58. The Bertz CT molecular complexity index is 291. The molecule has 1 aromatic rings. The van der Waals surface area contributed by atoms with Crippen LogP contribution in [-0.4, -0.2) is 0 Å². The number of hydrazine groups is 1. The predicted octanol–water partition coefficient (Wildman–Crippen LogP) is 1.58. The maximum atomic E-state index is 12.9. The first-order valence-corrected chi connectivity index (χ1v) is 3.60. The SMILES string of the molecule is NNCc1c(F)ccc(F)c1Cl. The largest absolute Gasteiger partial charge is 0.271 e. The van der Waals surface area contributed by atoms with Crippen molar-refractivity contribution in [2.75, 3.05) is 0 Å². The molecule has 0 aliphatic heterocycles. The van der Waals surface area contributed by atoms with Crippen molar-refractivity contribution in [3.63, 3.8) is 0 Å². The molecule has 0 aliphatic carbocycles. The lowest BCUT2D eigenvalue weighted by Crippen LogP contribution is -2.22. The van der Waals surface area contributed by atoms with Gasteiger partial charge >= 0.3 is 0 Å². The van der Waals surface area contributed by atoms with Crippen LogP contribution in [0.5, 0.6) is 0 Å². The lowest BCUT2D eigenvalue weighted by molar-refractivity contribution is 0.573. The molecule has 66 valence electrons. The van der Waals surface area contributed by atoms with Crippen LogP contribution in [0.3, 0.4) is 0 Å². The summed E-state index contributed by atoms with van der Waals surface area (Å²) in [6, 6.07) is 1.98. The zero-order chi connectivity index (χ0) is 9.14. The van der Waals surface area contributed by atoms with E-state index < -0.39 is 11.6 Å². The number of nitrogens with one attached hydrogen (secondary N) is 1. The first kappa shape index (κ1) is 9.38. The van der Waals surface area contributed by atoms with E-state index >= 15 is 0 Å². The zero-order valence-electron chi connectivity index (χ0n) is 6.07. The summed E-state index contributed by atoms with van der Waals surface area (Å²) in [6.07, 6.45) is 0. The van der Waals surface area contributed by atoms with Crippen LogP contribution >= 0.6 is 11.6 Å². The highest BCUT2D eigenvalue weighted by atomic mass is 35.5. The van der Waals surface area contributed by atoms with Crippen molar-refractivity contribution in [1.82, 2.24) is 5.43 Å². The van der Waals surface area contributed by atoms with Gasteiger partial charge in [-0.2, -0.15) is 0 Å². The Kier molecular flexibility index (Phi) is 2.97. The maximum Gasteiger partial charge on any atom is 0.142 e. The molecule has 0 saturated carbocycles. The van der Waals surface area contributed by atoms with E-state index in [4.69, 9.17) is 17.4 Å². The Morgan fingerprint density at radius 3 is 2.50 bits per heavy atom. The Labute approximate surface area is 73.3 Å². The van der Waals surface area contributed by atoms with Crippen LogP contribution < -0.4 is 11.3 Å². The van der Waals surface area contributed by atoms with Gasteiger partial charge in [-0.05, 0) is 12.1 Å². The quantitative estimate of drug-likeness (QED) is 0.424. The van der Waals surface area contributed by atoms with Crippen molar-refractivity contribution in [3.8, 4) is 0 Å². The van der Waals surface area contributed by atoms with Crippen LogP contribution in [0.25, 0.3) is 0 Å². The van der Waals surface area contributed by atoms with Crippen LogP contribution in [0.2, 0.25) is 5.02 Å². The molecule has 0 fully saturated rings. The molecule has 1 aromatic carbocycles. The summed E-state index contributed by atoms with van der Waals surface area (Å²) in [5.74, 6) is 3.73. The van der Waals surface area contributed by atoms with Crippen LogP contribution in [0, 0.1) is 11.6 Å². The van der Waals surface area contributed by atoms with Gasteiger partial charge in [0.1, 0.15) is 11.6 Å². The lowest BCUT2D eigenvalue weighted by Gasteiger charge is -2.04. The Hall–Kier alpha value is -0.710. The summed E-state index contributed by atoms with van der Waals surface area (Å²) in [6.45, 7) is 0.00241. The van der Waals surface area contributed by atoms with E-state index in [2.05, 4.69) is 5.43 Å². The minimum atomic E-state index is -0.650. The average Bonchev–Trinajstić information content (AvgIpc) is 2.06. The standard InChI is InChI=1S/C7H7ClF2N2/c8-7-4(3-12-11)5(9)1-2-6(7)10/h1-2,12H,3,11H2. The molecule has 0 radical (unpaired) electrons. The van der Waals surface area contributed by atoms with Gasteiger partial charge in [-0.3, -0.25) is 11.3 Å². The third-order valence-electron chi connectivity index (χ3n) is 1.42. The van der Waals surface area contributed by atoms with E-state index in [1.165, 1.54) is 0 Å². The maximum absolute atomic E-state index is 12.9. The lowest BCUT2D eigenvalue weighted by atomic mass is 10.2. The van der Waals surface area contributed by atoms with Crippen LogP contribution in [0.15, 0.2) is 12.1 Å². The normalized spacial score (nSPS) is 10.3. The fourth-order valence-electron chi connectivity index (χ4n) is 0.833. The molecule has 1 rings (SSSR count). The second-order valence-electron chi connectivity index (χ2n) is 2.20. The molecule has 0 atom stereocenters. The van der Waals surface area contributed by atoms with Crippen molar-refractivity contribution in [2.45, 2.75) is 6.54 Å². The highest BCUT2D eigenvalue weighted by Gasteiger charge is 2.10. The smallest absolute Gasteiger partial charge is 0.142 e. The van der Waals surface area contributed by atoms with Gasteiger partial charge in [-0.25, -0.2) is 8.78 Å². The molecule has 0 spiro atoms. The Morgan fingerprint density at radius 2 is 1.92 bits per heavy atom. The number of hydrogen-bond acceptors (Lipinski definition) is 2. The molecule has 0 saturated heterocycles. The van der Waals surface area contributed by atoms with Crippen molar-refractivity contribution in [2.24, 2.45) is 5.84 Å². The zero-order valence-corrected chi connectivity index (χ0v) is 6.83. The number of nitrogens with two attached hydrogens (primary N) is 1. The summed E-state index contributed by atoms with van der Waals surface area (Å²) in [5.41, 5.74) is 2.24. The molecule has 0 aromatic heterocycles. The predicted molar refractivity (Wildman–Crippen MR) is 42.4 cm³/mol. The van der Waals surface area contributed by atoms with Crippen molar-refractivity contribution < 1.29 is 8.78 Å². The van der Waals surface area contributed by atoms with E-state index in [1.54, 1.807) is 0 Å². The van der Waals surface area contributed by atoms with Crippen molar-refractivity contribution in [3.05, 3.63) is 34.4 Å². The van der Waals surface area contributed by atoms with E-state index in [1.807, 2.05) is 0 Å². The molecular formula is C7H7ClF2N2. The highest BCUT2D eigenvalue weighted by molar-refractivity contribution is 6.31. The average molecular weight is 193 g/mol. The Balaban J connectivity index is 3.14.